The number of morpholine rings is 1. The topological polar surface area (TPSA) is 124 Å². The van der Waals surface area contributed by atoms with Crippen LogP contribution in [0.1, 0.15) is 31.4 Å². The fourth-order valence-corrected chi connectivity index (χ4v) is 5.72. The molecule has 3 aromatic rings. The maximum Gasteiger partial charge on any atom is 0.245 e. The maximum absolute atomic E-state index is 14.0. The zero-order valence-electron chi connectivity index (χ0n) is 24.9. The van der Waals surface area contributed by atoms with Gasteiger partial charge < -0.3 is 35.5 Å². The highest BCUT2D eigenvalue weighted by molar-refractivity contribution is 5.92. The molecule has 0 spiro atoms. The minimum Gasteiger partial charge on any atom is -0.378 e. The van der Waals surface area contributed by atoms with E-state index in [9.17, 15) is 18.8 Å². The third-order valence-corrected chi connectivity index (χ3v) is 8.24. The van der Waals surface area contributed by atoms with Crippen molar-refractivity contribution in [1.29, 1.82) is 0 Å². The van der Waals surface area contributed by atoms with E-state index in [4.69, 9.17) is 10.5 Å². The number of H-pyrrole nitrogens is 1. The van der Waals surface area contributed by atoms with Gasteiger partial charge in [-0.15, -0.1) is 0 Å². The van der Waals surface area contributed by atoms with Gasteiger partial charge in [-0.05, 0) is 55.7 Å². The third-order valence-electron chi connectivity index (χ3n) is 8.24. The summed E-state index contributed by atoms with van der Waals surface area (Å²) in [6.07, 6.45) is 3.03. The lowest BCUT2D eigenvalue weighted by molar-refractivity contribution is -0.137. The molecule has 2 aromatic carbocycles. The summed E-state index contributed by atoms with van der Waals surface area (Å²) in [7, 11) is 0. The van der Waals surface area contributed by atoms with Gasteiger partial charge in [0.05, 0.1) is 18.8 Å². The maximum atomic E-state index is 14.0. The van der Waals surface area contributed by atoms with Crippen LogP contribution < -0.4 is 16.0 Å². The summed E-state index contributed by atoms with van der Waals surface area (Å²) in [6.45, 7) is 7.80. The molecule has 2 saturated heterocycles. The first-order chi connectivity index (χ1) is 20.6. The first-order valence-corrected chi connectivity index (χ1v) is 14.9. The summed E-state index contributed by atoms with van der Waals surface area (Å²) < 4.78 is 19.4. The van der Waals surface area contributed by atoms with Gasteiger partial charge in [0, 0.05) is 74.9 Å². The van der Waals surface area contributed by atoms with Crippen molar-refractivity contribution in [2.24, 2.45) is 5.73 Å². The number of ether oxygens (including phenoxy) is 1. The Kier molecular flexibility index (Phi) is 9.31. The highest BCUT2D eigenvalue weighted by Gasteiger charge is 2.33. The lowest BCUT2D eigenvalue weighted by Gasteiger charge is -2.38. The number of nitrogens with one attached hydrogen (secondary N) is 2. The number of carbonyl (C=O) groups excluding carboxylic acids is 3. The monoisotopic (exact) mass is 592 g/mol. The molecule has 10 nitrogen and oxygen atoms in total. The molecule has 230 valence electrons. The summed E-state index contributed by atoms with van der Waals surface area (Å²) in [6, 6.07) is 11.7. The molecule has 3 heterocycles. The molecular formula is C32H41FN6O4. The van der Waals surface area contributed by atoms with Crippen molar-refractivity contribution < 1.29 is 23.5 Å². The average molecular weight is 593 g/mol. The van der Waals surface area contributed by atoms with Crippen molar-refractivity contribution in [1.82, 2.24) is 20.1 Å². The van der Waals surface area contributed by atoms with Crippen molar-refractivity contribution in [3.05, 3.63) is 65.6 Å². The molecule has 0 aliphatic carbocycles. The van der Waals surface area contributed by atoms with Gasteiger partial charge in [-0.3, -0.25) is 14.4 Å². The predicted molar refractivity (Wildman–Crippen MR) is 163 cm³/mol. The van der Waals surface area contributed by atoms with E-state index in [1.165, 1.54) is 12.1 Å². The SMILES string of the molecule is CC(C)(N)C(=O)N[C@H](Cc1c[nH]c2ccc(F)cc12)C(=O)N1CCN(c2ccccc2CCC(=O)N2CCOCC2)CC1. The van der Waals surface area contributed by atoms with Crippen LogP contribution in [0.5, 0.6) is 0 Å². The number of halogens is 1. The third kappa shape index (κ3) is 7.34. The Balaban J connectivity index is 1.25. The lowest BCUT2D eigenvalue weighted by atomic mass is 10.0. The van der Waals surface area contributed by atoms with Gasteiger partial charge in [0.1, 0.15) is 11.9 Å². The molecule has 5 rings (SSSR count). The van der Waals surface area contributed by atoms with Crippen molar-refractivity contribution in [3.63, 3.8) is 0 Å². The van der Waals surface area contributed by atoms with Crippen molar-refractivity contribution in [2.45, 2.75) is 44.7 Å². The second kappa shape index (κ2) is 13.1. The fourth-order valence-electron chi connectivity index (χ4n) is 5.72. The number of nitrogens with two attached hydrogens (primary N) is 1. The van der Waals surface area contributed by atoms with E-state index in [2.05, 4.69) is 27.3 Å². The Labute approximate surface area is 251 Å². The standard InChI is InChI=1S/C32H41FN6O4/c1-32(2,34)31(42)36-27(19-23-21-35-26-9-8-24(33)20-25(23)26)30(41)39-13-11-37(12-14-39)28-6-4-3-5-22(28)7-10-29(40)38-15-17-43-18-16-38/h3-6,8-9,20-21,27,35H,7,10-19,34H2,1-2H3,(H,36,42)/t27-/m1/s1. The van der Waals surface area contributed by atoms with E-state index in [1.807, 2.05) is 17.0 Å². The number of hydrogen-bond donors (Lipinski definition) is 3. The summed E-state index contributed by atoms with van der Waals surface area (Å²) in [5.41, 5.74) is 8.54. The first kappa shape index (κ1) is 30.5. The van der Waals surface area contributed by atoms with Crippen molar-refractivity contribution in [2.75, 3.05) is 57.4 Å². The molecule has 4 N–H and O–H groups in total. The Morgan fingerprint density at radius 2 is 1.72 bits per heavy atom. The van der Waals surface area contributed by atoms with Crippen LogP contribution in [0.3, 0.4) is 0 Å². The molecule has 43 heavy (non-hydrogen) atoms. The Morgan fingerprint density at radius 3 is 2.44 bits per heavy atom. The van der Waals surface area contributed by atoms with Crippen molar-refractivity contribution in [3.8, 4) is 0 Å². The fraction of sp³-hybridized carbons (Fsp3) is 0.469. The van der Waals surface area contributed by atoms with Crippen LogP contribution in [-0.4, -0.2) is 96.6 Å². The molecular weight excluding hydrogens is 551 g/mol. The van der Waals surface area contributed by atoms with Gasteiger partial charge in [0.15, 0.2) is 0 Å². The molecule has 0 radical (unpaired) electrons. The van der Waals surface area contributed by atoms with E-state index in [-0.39, 0.29) is 24.1 Å². The molecule has 2 fully saturated rings. The Hall–Kier alpha value is -3.96. The van der Waals surface area contributed by atoms with Gasteiger partial charge in [0.25, 0.3) is 0 Å². The molecule has 1 aromatic heterocycles. The molecule has 3 amide bonds. The van der Waals surface area contributed by atoms with E-state index < -0.39 is 17.5 Å². The Bertz CT molecular complexity index is 1450. The summed E-state index contributed by atoms with van der Waals surface area (Å²) in [5.74, 6) is -0.867. The number of nitrogens with zero attached hydrogens (tertiary/aromatic N) is 3. The predicted octanol–water partition coefficient (Wildman–Crippen LogP) is 2.21. The highest BCUT2D eigenvalue weighted by Crippen LogP contribution is 2.25. The minimum absolute atomic E-state index is 0.139. The van der Waals surface area contributed by atoms with Gasteiger partial charge in [0.2, 0.25) is 17.7 Å². The second-order valence-corrected chi connectivity index (χ2v) is 11.9. The number of para-hydroxylation sites is 1. The number of piperazine rings is 1. The van der Waals surface area contributed by atoms with Crippen LogP contribution in [0.15, 0.2) is 48.7 Å². The number of rotatable bonds is 9. The van der Waals surface area contributed by atoms with Gasteiger partial charge in [-0.1, -0.05) is 18.2 Å². The smallest absolute Gasteiger partial charge is 0.245 e. The Morgan fingerprint density at radius 1 is 1.00 bits per heavy atom. The number of benzene rings is 2. The number of aromatic amines is 1. The normalized spacial score (nSPS) is 16.8. The molecule has 0 bridgehead atoms. The number of anilines is 1. The number of fused-ring (bicyclic) bond motifs is 1. The quantitative estimate of drug-likeness (QED) is 0.350. The highest BCUT2D eigenvalue weighted by atomic mass is 19.1. The van der Waals surface area contributed by atoms with Crippen molar-refractivity contribution >= 4 is 34.3 Å². The zero-order valence-corrected chi connectivity index (χ0v) is 24.9. The number of carbonyl (C=O) groups is 3. The van der Waals surface area contributed by atoms with Crippen LogP contribution in [0.2, 0.25) is 0 Å². The average Bonchev–Trinajstić information content (AvgIpc) is 3.40. The van der Waals surface area contributed by atoms with E-state index in [0.29, 0.717) is 70.7 Å². The molecule has 1 atom stereocenters. The van der Waals surface area contributed by atoms with Crippen LogP contribution >= 0.6 is 0 Å². The molecule has 0 unspecified atom stereocenters. The largest absolute Gasteiger partial charge is 0.378 e. The minimum atomic E-state index is -1.17. The lowest BCUT2D eigenvalue weighted by Crippen LogP contribution is -2.59. The molecule has 0 saturated carbocycles. The summed E-state index contributed by atoms with van der Waals surface area (Å²) >= 11 is 0. The van der Waals surface area contributed by atoms with Gasteiger partial charge in [-0.25, -0.2) is 4.39 Å². The molecule has 2 aliphatic rings. The summed E-state index contributed by atoms with van der Waals surface area (Å²) in [4.78, 5) is 48.5. The zero-order chi connectivity index (χ0) is 30.6. The van der Waals surface area contributed by atoms with E-state index in [0.717, 1.165) is 22.3 Å². The van der Waals surface area contributed by atoms with Crippen LogP contribution in [0.25, 0.3) is 10.9 Å². The van der Waals surface area contributed by atoms with Crippen LogP contribution in [0.4, 0.5) is 10.1 Å². The number of aromatic nitrogens is 1. The van der Waals surface area contributed by atoms with Gasteiger partial charge >= 0.3 is 0 Å². The van der Waals surface area contributed by atoms with E-state index in [1.54, 1.807) is 31.0 Å². The number of amides is 3. The number of hydrogen-bond acceptors (Lipinski definition) is 6. The first-order valence-electron chi connectivity index (χ1n) is 14.9. The van der Waals surface area contributed by atoms with Crippen LogP contribution in [0, 0.1) is 5.82 Å². The van der Waals surface area contributed by atoms with Gasteiger partial charge in [-0.2, -0.15) is 0 Å². The number of aryl methyl sites for hydroxylation is 1. The molecule has 2 aliphatic heterocycles. The van der Waals surface area contributed by atoms with Crippen LogP contribution in [-0.2, 0) is 32.0 Å². The molecule has 11 heteroatoms. The second-order valence-electron chi connectivity index (χ2n) is 11.9. The summed E-state index contributed by atoms with van der Waals surface area (Å²) in [5, 5.41) is 3.53. The van der Waals surface area contributed by atoms with E-state index >= 15 is 0 Å².